The first kappa shape index (κ1) is 36.2. The Bertz CT molecular complexity index is 570. The van der Waals surface area contributed by atoms with Gasteiger partial charge in [0.05, 0.1) is 13.2 Å². The van der Waals surface area contributed by atoms with E-state index in [0.29, 0.717) is 19.5 Å². The van der Waals surface area contributed by atoms with Gasteiger partial charge < -0.3 is 37.2 Å². The zero-order chi connectivity index (χ0) is 28.5. The highest BCUT2D eigenvalue weighted by atomic mass is 28.4. The van der Waals surface area contributed by atoms with Crippen LogP contribution >= 0.6 is 0 Å². The highest BCUT2D eigenvalue weighted by Crippen LogP contribution is 2.20. The molecule has 2 atom stereocenters. The van der Waals surface area contributed by atoms with Crippen molar-refractivity contribution in [3.63, 3.8) is 0 Å². The molecule has 0 aliphatic rings. The second-order valence-electron chi connectivity index (χ2n) is 10.6. The van der Waals surface area contributed by atoms with Crippen LogP contribution in [0.15, 0.2) is 0 Å². The summed E-state index contributed by atoms with van der Waals surface area (Å²) in [6.07, 6.45) is 1.27. The molecule has 2 amide bonds. The molecule has 0 aliphatic heterocycles. The standard InChI is InChI=1S/C23H54N2O8Si4/c1-20(2)30-36(9,32-34(5)6)18-11-14-24-22(26)28-16-13-17-29-23(27)25-15-12-19-37(10,31-21(3)4)33-35(7)8/h20-21,34-35H,11-19H2,1-10H3,(H,24,26)(H,25,27). The molecule has 10 nitrogen and oxygen atoms in total. The van der Waals surface area contributed by atoms with E-state index in [1.165, 1.54) is 0 Å². The molecule has 2 N–H and O–H groups in total. The van der Waals surface area contributed by atoms with Gasteiger partial charge in [0, 0.05) is 31.7 Å². The monoisotopic (exact) mass is 598 g/mol. The van der Waals surface area contributed by atoms with E-state index in [1.54, 1.807) is 0 Å². The Morgan fingerprint density at radius 2 is 1.03 bits per heavy atom. The number of amides is 2. The van der Waals surface area contributed by atoms with E-state index in [0.717, 1.165) is 24.9 Å². The van der Waals surface area contributed by atoms with Gasteiger partial charge in [0.15, 0.2) is 18.1 Å². The molecule has 0 bridgehead atoms. The van der Waals surface area contributed by atoms with Crippen molar-refractivity contribution < 1.29 is 36.1 Å². The number of nitrogens with one attached hydrogen (secondary N) is 2. The van der Waals surface area contributed by atoms with E-state index in [4.69, 9.17) is 26.6 Å². The van der Waals surface area contributed by atoms with Crippen LogP contribution in [0.1, 0.15) is 47.0 Å². The lowest BCUT2D eigenvalue weighted by molar-refractivity contribution is 0.118. The molecule has 0 aromatic heterocycles. The van der Waals surface area contributed by atoms with Crippen molar-refractivity contribution in [2.24, 2.45) is 0 Å². The molecule has 0 aromatic carbocycles. The van der Waals surface area contributed by atoms with E-state index in [9.17, 15) is 9.59 Å². The van der Waals surface area contributed by atoms with E-state index >= 15 is 0 Å². The van der Waals surface area contributed by atoms with Crippen LogP contribution in [-0.2, 0) is 26.6 Å². The van der Waals surface area contributed by atoms with Gasteiger partial charge >= 0.3 is 29.3 Å². The van der Waals surface area contributed by atoms with E-state index in [1.807, 2.05) is 27.7 Å². The van der Waals surface area contributed by atoms with E-state index in [2.05, 4.69) is 49.9 Å². The Morgan fingerprint density at radius 1 is 0.676 bits per heavy atom. The predicted molar refractivity (Wildman–Crippen MR) is 158 cm³/mol. The summed E-state index contributed by atoms with van der Waals surface area (Å²) in [5.41, 5.74) is 0. The first-order valence-corrected chi connectivity index (χ1v) is 24.3. The first-order valence-electron chi connectivity index (χ1n) is 13.7. The maximum atomic E-state index is 11.9. The summed E-state index contributed by atoms with van der Waals surface area (Å²) in [7, 11) is -6.86. The van der Waals surface area contributed by atoms with Crippen LogP contribution in [-0.4, -0.2) is 85.9 Å². The molecule has 0 saturated heterocycles. The van der Waals surface area contributed by atoms with Crippen molar-refractivity contribution in [2.45, 2.75) is 111 Å². The van der Waals surface area contributed by atoms with E-state index in [-0.39, 0.29) is 25.4 Å². The number of hydrogen-bond acceptors (Lipinski definition) is 8. The number of ether oxygens (including phenoxy) is 2. The average Bonchev–Trinajstić information content (AvgIpc) is 2.71. The summed E-state index contributed by atoms with van der Waals surface area (Å²) in [6.45, 7) is 22.2. The molecular weight excluding hydrogens is 545 g/mol. The number of rotatable bonds is 20. The van der Waals surface area contributed by atoms with Gasteiger partial charge in [-0.2, -0.15) is 0 Å². The van der Waals surface area contributed by atoms with Crippen LogP contribution in [0.5, 0.6) is 0 Å². The van der Waals surface area contributed by atoms with Gasteiger partial charge in [0.1, 0.15) is 0 Å². The SMILES string of the molecule is CC(C)O[Si](C)(CCCNC(=O)OCCCOC(=O)NCCC[Si](C)(OC(C)C)O[SiH](C)C)O[SiH](C)C. The number of carbonyl (C=O) groups is 2. The maximum Gasteiger partial charge on any atom is 0.407 e. The lowest BCUT2D eigenvalue weighted by atomic mass is 10.5. The van der Waals surface area contributed by atoms with Crippen molar-refractivity contribution >= 4 is 47.4 Å². The maximum absolute atomic E-state index is 11.9. The van der Waals surface area contributed by atoms with Gasteiger partial charge in [-0.05, 0) is 91.9 Å². The Hall–Kier alpha value is -0.752. The van der Waals surface area contributed by atoms with Crippen LogP contribution in [0.3, 0.4) is 0 Å². The normalized spacial score (nSPS) is 15.1. The highest BCUT2D eigenvalue weighted by molar-refractivity contribution is 6.74. The third-order valence-corrected chi connectivity index (χ3v) is 17.1. The molecule has 14 heteroatoms. The van der Waals surface area contributed by atoms with Crippen LogP contribution < -0.4 is 10.6 Å². The first-order chi connectivity index (χ1) is 17.2. The van der Waals surface area contributed by atoms with Gasteiger partial charge in [-0.3, -0.25) is 0 Å². The number of carbonyl (C=O) groups excluding carboxylic acids is 2. The second kappa shape index (κ2) is 19.3. The molecule has 0 fully saturated rings. The summed E-state index contributed by atoms with van der Waals surface area (Å²) < 4.78 is 34.9. The molecule has 0 heterocycles. The van der Waals surface area contributed by atoms with Crippen molar-refractivity contribution in [1.82, 2.24) is 10.6 Å². The zero-order valence-corrected chi connectivity index (χ0v) is 29.2. The molecule has 0 radical (unpaired) electrons. The summed E-state index contributed by atoms with van der Waals surface area (Å²) in [4.78, 5) is 23.8. The highest BCUT2D eigenvalue weighted by Gasteiger charge is 2.34. The third-order valence-electron chi connectivity index (χ3n) is 4.85. The molecule has 0 aliphatic carbocycles. The minimum Gasteiger partial charge on any atom is -0.449 e. The fourth-order valence-electron chi connectivity index (χ4n) is 3.98. The fraction of sp³-hybridized carbons (Fsp3) is 0.913. The van der Waals surface area contributed by atoms with Crippen molar-refractivity contribution in [3.8, 4) is 0 Å². The molecule has 0 saturated carbocycles. The largest absolute Gasteiger partial charge is 0.449 e. The van der Waals surface area contributed by atoms with Gasteiger partial charge in [-0.15, -0.1) is 0 Å². The van der Waals surface area contributed by atoms with Crippen LogP contribution in [0.25, 0.3) is 0 Å². The van der Waals surface area contributed by atoms with Crippen LogP contribution in [0, 0.1) is 0 Å². The lowest BCUT2D eigenvalue weighted by Crippen LogP contribution is -2.44. The summed E-state index contributed by atoms with van der Waals surface area (Å²) in [6, 6.07) is 1.64. The lowest BCUT2D eigenvalue weighted by Gasteiger charge is -2.31. The smallest absolute Gasteiger partial charge is 0.407 e. The Kier molecular flexibility index (Phi) is 18.9. The third kappa shape index (κ3) is 20.8. The van der Waals surface area contributed by atoms with Crippen molar-refractivity contribution in [1.29, 1.82) is 0 Å². The Balaban J connectivity index is 3.98. The van der Waals surface area contributed by atoms with Crippen molar-refractivity contribution in [2.75, 3.05) is 26.3 Å². The topological polar surface area (TPSA) is 114 Å². The molecule has 220 valence electrons. The molecule has 0 spiro atoms. The minimum atomic E-state index is -2.22. The minimum absolute atomic E-state index is 0.124. The zero-order valence-electron chi connectivity index (χ0n) is 24.9. The number of alkyl carbamates (subject to hydrolysis) is 2. The molecule has 0 rings (SSSR count). The van der Waals surface area contributed by atoms with Crippen molar-refractivity contribution in [3.05, 3.63) is 0 Å². The van der Waals surface area contributed by atoms with Crippen LogP contribution in [0.4, 0.5) is 9.59 Å². The Morgan fingerprint density at radius 3 is 1.32 bits per heavy atom. The quantitative estimate of drug-likeness (QED) is 0.154. The van der Waals surface area contributed by atoms with Crippen LogP contribution in [0.2, 0.25) is 51.4 Å². The fourth-order valence-corrected chi connectivity index (χ4v) is 17.2. The molecule has 37 heavy (non-hydrogen) atoms. The molecular formula is C23H54N2O8Si4. The molecule has 0 aromatic rings. The summed E-state index contributed by atoms with van der Waals surface area (Å²) >= 11 is 0. The Labute approximate surface area is 230 Å². The van der Waals surface area contributed by atoms with Gasteiger partial charge in [-0.1, -0.05) is 0 Å². The average molecular weight is 599 g/mol. The van der Waals surface area contributed by atoms with Gasteiger partial charge in [0.2, 0.25) is 0 Å². The van der Waals surface area contributed by atoms with Gasteiger partial charge in [0.25, 0.3) is 0 Å². The second-order valence-corrected chi connectivity index (χ2v) is 22.7. The predicted octanol–water partition coefficient (Wildman–Crippen LogP) is 4.60. The van der Waals surface area contributed by atoms with E-state index < -0.39 is 47.4 Å². The van der Waals surface area contributed by atoms with Gasteiger partial charge in [-0.25, -0.2) is 9.59 Å². The molecule has 2 unspecified atom stereocenters. The number of hydrogen-bond donors (Lipinski definition) is 2. The summed E-state index contributed by atoms with van der Waals surface area (Å²) in [5.74, 6) is 0. The summed E-state index contributed by atoms with van der Waals surface area (Å²) in [5, 5.41) is 5.52.